The van der Waals surface area contributed by atoms with Crippen LogP contribution in [0.15, 0.2) is 59.0 Å². The number of para-hydroxylation sites is 2. The van der Waals surface area contributed by atoms with Crippen molar-refractivity contribution in [2.75, 3.05) is 36.4 Å². The van der Waals surface area contributed by atoms with Gasteiger partial charge in [-0.25, -0.2) is 0 Å². The summed E-state index contributed by atoms with van der Waals surface area (Å²) in [7, 11) is 0. The van der Waals surface area contributed by atoms with Crippen LogP contribution in [0.5, 0.6) is 0 Å². The molecule has 0 radical (unpaired) electrons. The Labute approximate surface area is 225 Å². The maximum absolute atomic E-state index is 12.7. The Morgan fingerprint density at radius 3 is 2.42 bits per heavy atom. The predicted octanol–water partition coefficient (Wildman–Crippen LogP) is 5.68. The quantitative estimate of drug-likeness (QED) is 0.402. The molecule has 7 nitrogen and oxygen atoms in total. The fraction of sp³-hybridized carbons (Fsp3) is 0.269. The van der Waals surface area contributed by atoms with Crippen molar-refractivity contribution >= 4 is 63.7 Å². The van der Waals surface area contributed by atoms with Crippen molar-refractivity contribution < 1.29 is 14.0 Å². The summed E-state index contributed by atoms with van der Waals surface area (Å²) in [6, 6.07) is 16.0. The highest BCUT2D eigenvalue weighted by Gasteiger charge is 2.24. The van der Waals surface area contributed by atoms with Crippen molar-refractivity contribution in [1.29, 1.82) is 0 Å². The van der Waals surface area contributed by atoms with Gasteiger partial charge in [0.05, 0.1) is 16.4 Å². The highest BCUT2D eigenvalue weighted by Crippen LogP contribution is 2.31. The number of nitrogens with one attached hydrogen (secondary N) is 2. The topological polar surface area (TPSA) is 77.8 Å². The third-order valence-corrected chi connectivity index (χ3v) is 6.58. The van der Waals surface area contributed by atoms with Crippen LogP contribution in [0.25, 0.3) is 11.3 Å². The van der Waals surface area contributed by atoms with Crippen molar-refractivity contribution in [3.05, 3.63) is 70.4 Å². The van der Waals surface area contributed by atoms with E-state index in [2.05, 4.69) is 15.5 Å². The second kappa shape index (κ2) is 11.3. The van der Waals surface area contributed by atoms with Gasteiger partial charge in [0, 0.05) is 42.7 Å². The Bertz CT molecular complexity index is 1290. The zero-order chi connectivity index (χ0) is 25.8. The zero-order valence-corrected chi connectivity index (χ0v) is 22.2. The van der Waals surface area contributed by atoms with Crippen LogP contribution in [0.1, 0.15) is 24.4 Å². The Kier molecular flexibility index (Phi) is 8.18. The third-order valence-electron chi connectivity index (χ3n) is 5.83. The minimum Gasteiger partial charge on any atom is -0.451 e. The van der Waals surface area contributed by atoms with Gasteiger partial charge in [0.1, 0.15) is 5.76 Å². The molecular weight excluding hydrogens is 519 g/mol. The van der Waals surface area contributed by atoms with Crippen LogP contribution in [0, 0.1) is 5.92 Å². The van der Waals surface area contributed by atoms with Crippen LogP contribution in [0.3, 0.4) is 0 Å². The van der Waals surface area contributed by atoms with E-state index in [1.807, 2.05) is 43.0 Å². The SMILES string of the molecule is CC(C)C(=O)N1CCN(c2ccccc2NC(=S)NC(=O)c2ccc(-c3ccc(Cl)cc3Cl)o2)CC1. The molecule has 0 spiro atoms. The van der Waals surface area contributed by atoms with E-state index in [0.29, 0.717) is 47.5 Å². The number of anilines is 2. The Morgan fingerprint density at radius 2 is 1.72 bits per heavy atom. The second-order valence-electron chi connectivity index (χ2n) is 8.68. The minimum absolute atomic E-state index is 0.0140. The molecule has 0 bridgehead atoms. The predicted molar refractivity (Wildman–Crippen MR) is 148 cm³/mol. The molecule has 2 aromatic carbocycles. The number of amides is 2. The van der Waals surface area contributed by atoms with Crippen LogP contribution in [0.4, 0.5) is 11.4 Å². The molecule has 1 aliphatic heterocycles. The monoisotopic (exact) mass is 544 g/mol. The first kappa shape index (κ1) is 26.0. The number of carbonyl (C=O) groups is 2. The molecule has 0 aliphatic carbocycles. The molecule has 2 heterocycles. The highest BCUT2D eigenvalue weighted by atomic mass is 35.5. The molecule has 1 fully saturated rings. The van der Waals surface area contributed by atoms with E-state index in [-0.39, 0.29) is 22.7 Å². The normalized spacial score (nSPS) is 13.6. The smallest absolute Gasteiger partial charge is 0.293 e. The van der Waals surface area contributed by atoms with Gasteiger partial charge in [0.15, 0.2) is 10.9 Å². The number of carbonyl (C=O) groups excluding carboxylic acids is 2. The van der Waals surface area contributed by atoms with Crippen LogP contribution in [-0.2, 0) is 4.79 Å². The van der Waals surface area contributed by atoms with E-state index >= 15 is 0 Å². The summed E-state index contributed by atoms with van der Waals surface area (Å²) >= 11 is 17.6. The molecule has 2 N–H and O–H groups in total. The lowest BCUT2D eigenvalue weighted by Gasteiger charge is -2.37. The standard InChI is InChI=1S/C26H26Cl2N4O3S/c1-16(2)25(34)32-13-11-31(12-14-32)21-6-4-3-5-20(21)29-26(36)30-24(33)23-10-9-22(35-23)18-8-7-17(27)15-19(18)28/h3-10,15-16H,11-14H2,1-2H3,(H2,29,30,33,36). The largest absolute Gasteiger partial charge is 0.451 e. The summed E-state index contributed by atoms with van der Waals surface area (Å²) in [5, 5.41) is 6.85. The van der Waals surface area contributed by atoms with E-state index in [0.717, 1.165) is 11.4 Å². The van der Waals surface area contributed by atoms with Crippen LogP contribution in [-0.4, -0.2) is 48.0 Å². The van der Waals surface area contributed by atoms with E-state index in [1.54, 1.807) is 30.3 Å². The Balaban J connectivity index is 1.39. The van der Waals surface area contributed by atoms with Crippen LogP contribution < -0.4 is 15.5 Å². The molecule has 3 aromatic rings. The molecule has 2 amide bonds. The average molecular weight is 545 g/mol. The summed E-state index contributed by atoms with van der Waals surface area (Å²) < 4.78 is 5.70. The van der Waals surface area contributed by atoms with Crippen molar-refractivity contribution in [3.8, 4) is 11.3 Å². The van der Waals surface area contributed by atoms with Crippen molar-refractivity contribution in [3.63, 3.8) is 0 Å². The molecule has 0 unspecified atom stereocenters. The minimum atomic E-state index is -0.484. The molecule has 0 saturated carbocycles. The highest BCUT2D eigenvalue weighted by molar-refractivity contribution is 7.80. The third kappa shape index (κ3) is 6.00. The first-order valence-electron chi connectivity index (χ1n) is 11.5. The lowest BCUT2D eigenvalue weighted by Crippen LogP contribution is -2.50. The Hall–Kier alpha value is -3.07. The van der Waals surface area contributed by atoms with Gasteiger partial charge in [-0.1, -0.05) is 49.2 Å². The van der Waals surface area contributed by atoms with Gasteiger partial charge in [-0.05, 0) is 54.7 Å². The van der Waals surface area contributed by atoms with Crippen molar-refractivity contribution in [2.45, 2.75) is 13.8 Å². The van der Waals surface area contributed by atoms with Crippen LogP contribution in [0.2, 0.25) is 10.0 Å². The number of hydrogen-bond donors (Lipinski definition) is 2. The van der Waals surface area contributed by atoms with Gasteiger partial charge in [0.25, 0.3) is 5.91 Å². The molecule has 1 aliphatic rings. The number of rotatable bonds is 5. The first-order chi connectivity index (χ1) is 17.2. The molecule has 0 atom stereocenters. The van der Waals surface area contributed by atoms with E-state index in [4.69, 9.17) is 39.8 Å². The molecule has 4 rings (SSSR count). The van der Waals surface area contributed by atoms with Gasteiger partial charge < -0.3 is 19.5 Å². The van der Waals surface area contributed by atoms with Crippen LogP contribution >= 0.6 is 35.4 Å². The fourth-order valence-electron chi connectivity index (χ4n) is 4.00. The molecule has 1 aromatic heterocycles. The molecule has 188 valence electrons. The molecule has 1 saturated heterocycles. The zero-order valence-electron chi connectivity index (χ0n) is 19.9. The fourth-order valence-corrected chi connectivity index (χ4v) is 4.70. The van der Waals surface area contributed by atoms with Gasteiger partial charge in [0.2, 0.25) is 5.91 Å². The summed E-state index contributed by atoms with van der Waals surface area (Å²) in [5.41, 5.74) is 2.34. The number of piperazine rings is 1. The molecule has 36 heavy (non-hydrogen) atoms. The summed E-state index contributed by atoms with van der Waals surface area (Å²) in [4.78, 5) is 29.1. The lowest BCUT2D eigenvalue weighted by molar-refractivity contribution is -0.134. The maximum Gasteiger partial charge on any atom is 0.293 e. The number of nitrogens with zero attached hydrogens (tertiary/aromatic N) is 2. The number of benzene rings is 2. The van der Waals surface area contributed by atoms with Crippen molar-refractivity contribution in [2.24, 2.45) is 5.92 Å². The van der Waals surface area contributed by atoms with Gasteiger partial charge >= 0.3 is 0 Å². The van der Waals surface area contributed by atoms with Gasteiger partial charge in [-0.2, -0.15) is 0 Å². The average Bonchev–Trinajstić information content (AvgIpc) is 3.34. The molecular formula is C26H26Cl2N4O3S. The van der Waals surface area contributed by atoms with E-state index in [1.165, 1.54) is 0 Å². The summed E-state index contributed by atoms with van der Waals surface area (Å²) in [5.74, 6) is 0.215. The summed E-state index contributed by atoms with van der Waals surface area (Å²) in [6.07, 6.45) is 0. The maximum atomic E-state index is 12.7. The second-order valence-corrected chi connectivity index (χ2v) is 9.93. The molecule has 10 heteroatoms. The van der Waals surface area contributed by atoms with Gasteiger partial charge in [-0.3, -0.25) is 14.9 Å². The number of furan rings is 1. The lowest BCUT2D eigenvalue weighted by atomic mass is 10.1. The summed E-state index contributed by atoms with van der Waals surface area (Å²) in [6.45, 7) is 6.56. The van der Waals surface area contributed by atoms with Crippen molar-refractivity contribution in [1.82, 2.24) is 10.2 Å². The number of halogens is 2. The Morgan fingerprint density at radius 1 is 1.00 bits per heavy atom. The van der Waals surface area contributed by atoms with E-state index in [9.17, 15) is 9.59 Å². The first-order valence-corrected chi connectivity index (χ1v) is 12.7. The number of hydrogen-bond acceptors (Lipinski definition) is 5. The number of thiocarbonyl (C=S) groups is 1. The van der Waals surface area contributed by atoms with Gasteiger partial charge in [-0.15, -0.1) is 0 Å². The van der Waals surface area contributed by atoms with E-state index < -0.39 is 5.91 Å².